The Bertz CT molecular complexity index is 11.6. The van der Waals surface area contributed by atoms with Crippen LogP contribution in [0.25, 0.3) is 0 Å². The van der Waals surface area contributed by atoms with Crippen molar-refractivity contribution in [2.45, 2.75) is 13.8 Å². The number of rotatable bonds is 0. The molecule has 0 aromatic heterocycles. The molecule has 40 valence electrons. The SMILES string of the molecule is C[C-](C)F.[Yb]. The van der Waals surface area contributed by atoms with Crippen molar-refractivity contribution in [1.29, 1.82) is 0 Å². The first-order chi connectivity index (χ1) is 1.73. The Kier molecular flexibility index (Phi) is 10.5. The summed E-state index contributed by atoms with van der Waals surface area (Å²) in [4.78, 5) is 0. The smallest absolute Gasteiger partial charge is 0 e. The van der Waals surface area contributed by atoms with E-state index in [0.717, 1.165) is 0 Å². The number of hydrogen-bond acceptors (Lipinski definition) is 0. The molecule has 0 atom stereocenters. The van der Waals surface area contributed by atoms with Gasteiger partial charge < -0.3 is 4.39 Å². The summed E-state index contributed by atoms with van der Waals surface area (Å²) in [7, 11) is 0. The molecule has 0 aromatic rings. The molecule has 0 aromatic carbocycles. The summed E-state index contributed by atoms with van der Waals surface area (Å²) in [6, 6.07) is 0. The maximum absolute atomic E-state index is 10.9. The van der Waals surface area contributed by atoms with Crippen LogP contribution in [0.1, 0.15) is 13.8 Å². The van der Waals surface area contributed by atoms with Gasteiger partial charge in [0.1, 0.15) is 0 Å². The van der Waals surface area contributed by atoms with E-state index in [9.17, 15) is 4.39 Å². The summed E-state index contributed by atoms with van der Waals surface area (Å²) in [6.45, 7) is 2.83. The third-order valence-corrected chi connectivity index (χ3v) is 0. The topological polar surface area (TPSA) is 0 Å². The molecule has 0 aliphatic heterocycles. The first kappa shape index (κ1) is 9.67. The van der Waals surface area contributed by atoms with Crippen LogP contribution in [0.3, 0.4) is 0 Å². The van der Waals surface area contributed by atoms with Crippen molar-refractivity contribution in [2.75, 3.05) is 0 Å². The monoisotopic (exact) mass is 235 g/mol. The molecule has 0 amide bonds. The molecular formula is C3H6FYb-. The normalized spacial score (nSPS) is 7.20. The molecule has 0 N–H and O–H groups in total. The Morgan fingerprint density at radius 1 is 1.40 bits per heavy atom. The van der Waals surface area contributed by atoms with Crippen LogP contribution in [-0.2, 0) is 0 Å². The summed E-state index contributed by atoms with van der Waals surface area (Å²) in [5, 5.41) is 0. The first-order valence-corrected chi connectivity index (χ1v) is 1.19. The number of hydrogen-bond donors (Lipinski definition) is 0. The Morgan fingerprint density at radius 2 is 1.40 bits per heavy atom. The molecule has 0 nitrogen and oxygen atoms in total. The van der Waals surface area contributed by atoms with Gasteiger partial charge in [-0.25, -0.2) is 0 Å². The molecule has 0 unspecified atom stereocenters. The molecule has 0 bridgehead atoms. The maximum atomic E-state index is 10.9. The van der Waals surface area contributed by atoms with E-state index < -0.39 is 0 Å². The van der Waals surface area contributed by atoms with E-state index in [2.05, 4.69) is 0 Å². The maximum Gasteiger partial charge on any atom is 0 e. The van der Waals surface area contributed by atoms with Crippen LogP contribution >= 0.6 is 0 Å². The molecule has 0 saturated carbocycles. The summed E-state index contributed by atoms with van der Waals surface area (Å²) in [6.07, 6.45) is -0.0833. The minimum Gasteiger partial charge on any atom is -0.457 e. The van der Waals surface area contributed by atoms with Crippen molar-refractivity contribution in [1.82, 2.24) is 0 Å². The molecule has 0 radical (unpaired) electrons. The van der Waals surface area contributed by atoms with Gasteiger partial charge in [0.2, 0.25) is 0 Å². The zero-order chi connectivity index (χ0) is 3.58. The molecular weight excluding hydrogens is 228 g/mol. The van der Waals surface area contributed by atoms with Gasteiger partial charge >= 0.3 is 0 Å². The summed E-state index contributed by atoms with van der Waals surface area (Å²) < 4.78 is 10.9. The minimum atomic E-state index is -0.0833. The van der Waals surface area contributed by atoms with Crippen molar-refractivity contribution in [3.63, 3.8) is 0 Å². The third kappa shape index (κ3) is 30.9. The van der Waals surface area contributed by atoms with E-state index >= 15 is 0 Å². The Labute approximate surface area is 70.4 Å². The second-order valence-corrected chi connectivity index (χ2v) is 0.878. The van der Waals surface area contributed by atoms with Gasteiger partial charge in [-0.15, -0.1) is 0 Å². The van der Waals surface area contributed by atoms with E-state index in [1.165, 1.54) is 13.8 Å². The second kappa shape index (κ2) is 5.45. The van der Waals surface area contributed by atoms with Gasteiger partial charge in [-0.05, 0) is 0 Å². The second-order valence-electron chi connectivity index (χ2n) is 0.878. The van der Waals surface area contributed by atoms with Crippen molar-refractivity contribution in [3.8, 4) is 0 Å². The zero-order valence-electron chi connectivity index (χ0n) is 3.15. The van der Waals surface area contributed by atoms with Crippen LogP contribution in [0.4, 0.5) is 4.39 Å². The minimum absolute atomic E-state index is 0. The average Bonchev–Trinajstić information content (AvgIpc) is 0.811. The molecule has 0 aliphatic rings. The van der Waals surface area contributed by atoms with Gasteiger partial charge in [-0.1, -0.05) is 0 Å². The molecule has 0 saturated heterocycles. The molecule has 0 heterocycles. The standard InChI is InChI=1S/C3H6F.Yb/c1-3(2)4;/h1-2H3;/q-1;. The van der Waals surface area contributed by atoms with Crippen molar-refractivity contribution in [2.24, 2.45) is 0 Å². The fraction of sp³-hybridized carbons (Fsp3) is 0.667. The Morgan fingerprint density at radius 3 is 1.40 bits per heavy atom. The largest absolute Gasteiger partial charge is 0.457 e. The van der Waals surface area contributed by atoms with Gasteiger partial charge in [0, 0.05) is 46.9 Å². The van der Waals surface area contributed by atoms with Gasteiger partial charge in [0.15, 0.2) is 0 Å². The Hall–Kier alpha value is 1.45. The fourth-order valence-corrected chi connectivity index (χ4v) is 0. The zero-order valence-corrected chi connectivity index (χ0v) is 4.86. The number of halogens is 1. The first-order valence-electron chi connectivity index (χ1n) is 1.19. The Balaban J connectivity index is 0. The summed E-state index contributed by atoms with van der Waals surface area (Å²) in [5.41, 5.74) is 0. The predicted octanol–water partition coefficient (Wildman–Crippen LogP) is 1.53. The third-order valence-electron chi connectivity index (χ3n) is 0. The van der Waals surface area contributed by atoms with E-state index in [1.807, 2.05) is 0 Å². The molecule has 0 aliphatic carbocycles. The van der Waals surface area contributed by atoms with E-state index in [0.29, 0.717) is 0 Å². The molecule has 0 fully saturated rings. The fourth-order valence-electron chi connectivity index (χ4n) is 0. The van der Waals surface area contributed by atoms with Crippen LogP contribution in [0, 0.1) is 53.1 Å². The van der Waals surface area contributed by atoms with Crippen LogP contribution in [0.2, 0.25) is 0 Å². The van der Waals surface area contributed by atoms with Gasteiger partial charge in [-0.2, -0.15) is 20.0 Å². The quantitative estimate of drug-likeness (QED) is 0.557. The van der Waals surface area contributed by atoms with E-state index in [-0.39, 0.29) is 53.1 Å². The molecule has 5 heavy (non-hydrogen) atoms. The van der Waals surface area contributed by atoms with E-state index in [4.69, 9.17) is 0 Å². The van der Waals surface area contributed by atoms with Crippen molar-refractivity contribution < 1.29 is 51.3 Å². The van der Waals surface area contributed by atoms with Crippen molar-refractivity contribution >= 4 is 0 Å². The van der Waals surface area contributed by atoms with Crippen LogP contribution in [0.5, 0.6) is 0 Å². The molecule has 2 heteroatoms. The molecule has 0 spiro atoms. The molecule has 0 rings (SSSR count). The van der Waals surface area contributed by atoms with Gasteiger partial charge in [0.25, 0.3) is 0 Å². The van der Waals surface area contributed by atoms with Gasteiger partial charge in [-0.3, -0.25) is 0 Å². The van der Waals surface area contributed by atoms with Crippen molar-refractivity contribution in [3.05, 3.63) is 6.17 Å². The summed E-state index contributed by atoms with van der Waals surface area (Å²) >= 11 is 0. The summed E-state index contributed by atoms with van der Waals surface area (Å²) in [5.74, 6) is 0. The predicted molar refractivity (Wildman–Crippen MR) is 15.7 cm³/mol. The van der Waals surface area contributed by atoms with Crippen LogP contribution < -0.4 is 0 Å². The van der Waals surface area contributed by atoms with Crippen LogP contribution in [0.15, 0.2) is 0 Å². The average molecular weight is 234 g/mol. The van der Waals surface area contributed by atoms with E-state index in [1.54, 1.807) is 0 Å². The van der Waals surface area contributed by atoms with Gasteiger partial charge in [0.05, 0.1) is 0 Å². The van der Waals surface area contributed by atoms with Crippen LogP contribution in [-0.4, -0.2) is 0 Å².